The molecule has 0 aromatic heterocycles. The highest BCUT2D eigenvalue weighted by molar-refractivity contribution is 4.79. The van der Waals surface area contributed by atoms with Crippen LogP contribution in [0.4, 0.5) is 0 Å². The summed E-state index contributed by atoms with van der Waals surface area (Å²) >= 11 is 0. The molecule has 1 rings (SSSR count). The van der Waals surface area contributed by atoms with Crippen LogP contribution in [-0.2, 0) is 0 Å². The highest BCUT2D eigenvalue weighted by atomic mass is 14.7. The minimum atomic E-state index is 0.471. The fraction of sp³-hybridized carbons (Fsp3) is 1.00. The Balaban J connectivity index is 2.41. The predicted molar refractivity (Wildman–Crippen MR) is 40.2 cm³/mol. The summed E-state index contributed by atoms with van der Waals surface area (Å²) in [6, 6.07) is 0.471. The van der Waals surface area contributed by atoms with Gasteiger partial charge in [-0.15, -0.1) is 0 Å². The van der Waals surface area contributed by atoms with E-state index in [4.69, 9.17) is 5.73 Å². The Kier molecular flexibility index (Phi) is 2.12. The SMILES string of the molecule is C[C@H]1CCC[C@H](C)C1N. The number of hydrogen-bond donors (Lipinski definition) is 1. The molecular formula is C8H17N. The van der Waals surface area contributed by atoms with Crippen LogP contribution in [-0.4, -0.2) is 6.04 Å². The second-order valence-corrected chi connectivity index (χ2v) is 3.46. The first-order chi connectivity index (χ1) is 4.22. The normalized spacial score (nSPS) is 39.0. The van der Waals surface area contributed by atoms with Crippen molar-refractivity contribution in [1.29, 1.82) is 0 Å². The van der Waals surface area contributed by atoms with E-state index >= 15 is 0 Å². The maximum absolute atomic E-state index is 5.92. The molecular weight excluding hydrogens is 110 g/mol. The predicted octanol–water partition coefficient (Wildman–Crippen LogP) is 1.77. The average molecular weight is 127 g/mol. The zero-order chi connectivity index (χ0) is 6.85. The van der Waals surface area contributed by atoms with Gasteiger partial charge in [0.1, 0.15) is 0 Å². The van der Waals surface area contributed by atoms with Crippen molar-refractivity contribution in [1.82, 2.24) is 0 Å². The summed E-state index contributed by atoms with van der Waals surface area (Å²) in [7, 11) is 0. The van der Waals surface area contributed by atoms with Crippen LogP contribution in [0.25, 0.3) is 0 Å². The lowest BCUT2D eigenvalue weighted by atomic mass is 9.79. The van der Waals surface area contributed by atoms with Gasteiger partial charge in [0.25, 0.3) is 0 Å². The van der Waals surface area contributed by atoms with Gasteiger partial charge in [0.05, 0.1) is 0 Å². The molecule has 1 saturated carbocycles. The summed E-state index contributed by atoms with van der Waals surface area (Å²) < 4.78 is 0. The molecule has 2 atom stereocenters. The van der Waals surface area contributed by atoms with Gasteiger partial charge in [0.2, 0.25) is 0 Å². The van der Waals surface area contributed by atoms with Crippen molar-refractivity contribution in [2.45, 2.75) is 39.2 Å². The molecule has 1 nitrogen and oxygen atoms in total. The van der Waals surface area contributed by atoms with Crippen LogP contribution in [0.2, 0.25) is 0 Å². The third-order valence-corrected chi connectivity index (χ3v) is 2.63. The summed E-state index contributed by atoms with van der Waals surface area (Å²) in [6.45, 7) is 4.53. The average Bonchev–Trinajstić information content (AvgIpc) is 1.83. The zero-order valence-corrected chi connectivity index (χ0v) is 6.43. The molecule has 1 aliphatic carbocycles. The van der Waals surface area contributed by atoms with Gasteiger partial charge >= 0.3 is 0 Å². The molecule has 0 saturated heterocycles. The van der Waals surface area contributed by atoms with E-state index in [-0.39, 0.29) is 0 Å². The van der Waals surface area contributed by atoms with Crippen molar-refractivity contribution in [2.24, 2.45) is 17.6 Å². The minimum absolute atomic E-state index is 0.471. The second kappa shape index (κ2) is 2.70. The standard InChI is InChI=1S/C8H17N/c1-6-4-3-5-7(2)8(6)9/h6-8H,3-5,9H2,1-2H3/t6-,7-/m0/s1. The molecule has 0 heterocycles. The van der Waals surface area contributed by atoms with E-state index in [2.05, 4.69) is 13.8 Å². The molecule has 0 bridgehead atoms. The highest BCUT2D eigenvalue weighted by Crippen LogP contribution is 2.26. The first-order valence-corrected chi connectivity index (χ1v) is 3.97. The molecule has 1 fully saturated rings. The van der Waals surface area contributed by atoms with Gasteiger partial charge in [-0.3, -0.25) is 0 Å². The number of nitrogens with two attached hydrogens (primary N) is 1. The van der Waals surface area contributed by atoms with Gasteiger partial charge in [-0.25, -0.2) is 0 Å². The van der Waals surface area contributed by atoms with E-state index in [9.17, 15) is 0 Å². The van der Waals surface area contributed by atoms with E-state index in [1.807, 2.05) is 0 Å². The molecule has 1 aliphatic rings. The number of hydrogen-bond acceptors (Lipinski definition) is 1. The van der Waals surface area contributed by atoms with Crippen LogP contribution in [0.3, 0.4) is 0 Å². The maximum atomic E-state index is 5.92. The van der Waals surface area contributed by atoms with Crippen molar-refractivity contribution in [2.75, 3.05) is 0 Å². The van der Waals surface area contributed by atoms with Crippen LogP contribution >= 0.6 is 0 Å². The Morgan fingerprint density at radius 3 is 1.89 bits per heavy atom. The summed E-state index contributed by atoms with van der Waals surface area (Å²) in [5, 5.41) is 0. The van der Waals surface area contributed by atoms with Gasteiger partial charge in [0.15, 0.2) is 0 Å². The summed E-state index contributed by atoms with van der Waals surface area (Å²) in [5.41, 5.74) is 5.92. The van der Waals surface area contributed by atoms with Gasteiger partial charge in [-0.1, -0.05) is 20.3 Å². The van der Waals surface area contributed by atoms with E-state index in [0.717, 1.165) is 11.8 Å². The van der Waals surface area contributed by atoms with Gasteiger partial charge in [-0.2, -0.15) is 0 Å². The van der Waals surface area contributed by atoms with Crippen molar-refractivity contribution in [3.8, 4) is 0 Å². The van der Waals surface area contributed by atoms with Crippen molar-refractivity contribution >= 4 is 0 Å². The van der Waals surface area contributed by atoms with Crippen molar-refractivity contribution in [3.63, 3.8) is 0 Å². The molecule has 0 unspecified atom stereocenters. The molecule has 0 aromatic carbocycles. The van der Waals surface area contributed by atoms with E-state index in [1.165, 1.54) is 19.3 Å². The first-order valence-electron chi connectivity index (χ1n) is 3.97. The van der Waals surface area contributed by atoms with Gasteiger partial charge in [-0.05, 0) is 24.7 Å². The lowest BCUT2D eigenvalue weighted by Gasteiger charge is -2.31. The molecule has 0 aliphatic heterocycles. The van der Waals surface area contributed by atoms with Crippen LogP contribution in [0.1, 0.15) is 33.1 Å². The maximum Gasteiger partial charge on any atom is 0.00903 e. The monoisotopic (exact) mass is 127 g/mol. The quantitative estimate of drug-likeness (QED) is 0.527. The fourth-order valence-corrected chi connectivity index (χ4v) is 1.71. The highest BCUT2D eigenvalue weighted by Gasteiger charge is 2.23. The van der Waals surface area contributed by atoms with Crippen LogP contribution in [0.15, 0.2) is 0 Å². The molecule has 0 spiro atoms. The third kappa shape index (κ3) is 1.45. The van der Waals surface area contributed by atoms with Gasteiger partial charge in [0, 0.05) is 6.04 Å². The molecule has 9 heavy (non-hydrogen) atoms. The van der Waals surface area contributed by atoms with Gasteiger partial charge < -0.3 is 5.73 Å². The summed E-state index contributed by atoms with van der Waals surface area (Å²) in [6.07, 6.45) is 4.06. The summed E-state index contributed by atoms with van der Waals surface area (Å²) in [5.74, 6) is 1.52. The Labute approximate surface area is 57.6 Å². The molecule has 54 valence electrons. The topological polar surface area (TPSA) is 26.0 Å². The Morgan fingerprint density at radius 1 is 1.11 bits per heavy atom. The smallest absolute Gasteiger partial charge is 0.00903 e. The molecule has 0 amide bonds. The third-order valence-electron chi connectivity index (χ3n) is 2.63. The van der Waals surface area contributed by atoms with Crippen LogP contribution < -0.4 is 5.73 Å². The largest absolute Gasteiger partial charge is 0.327 e. The Hall–Kier alpha value is -0.0400. The second-order valence-electron chi connectivity index (χ2n) is 3.46. The van der Waals surface area contributed by atoms with E-state index in [1.54, 1.807) is 0 Å². The zero-order valence-electron chi connectivity index (χ0n) is 6.43. The fourth-order valence-electron chi connectivity index (χ4n) is 1.71. The van der Waals surface area contributed by atoms with Crippen LogP contribution in [0, 0.1) is 11.8 Å². The van der Waals surface area contributed by atoms with Crippen molar-refractivity contribution in [3.05, 3.63) is 0 Å². The van der Waals surface area contributed by atoms with E-state index in [0.29, 0.717) is 6.04 Å². The molecule has 2 N–H and O–H groups in total. The van der Waals surface area contributed by atoms with Crippen LogP contribution in [0.5, 0.6) is 0 Å². The molecule has 1 heteroatoms. The number of rotatable bonds is 0. The molecule has 0 radical (unpaired) electrons. The van der Waals surface area contributed by atoms with Crippen molar-refractivity contribution < 1.29 is 0 Å². The molecule has 0 aromatic rings. The Bertz CT molecular complexity index is 80.6. The van der Waals surface area contributed by atoms with E-state index < -0.39 is 0 Å². The minimum Gasteiger partial charge on any atom is -0.327 e. The lowest BCUT2D eigenvalue weighted by molar-refractivity contribution is 0.251. The lowest BCUT2D eigenvalue weighted by Crippen LogP contribution is -2.37. The summed E-state index contributed by atoms with van der Waals surface area (Å²) in [4.78, 5) is 0. The first kappa shape index (κ1) is 7.07. The Morgan fingerprint density at radius 2 is 1.56 bits per heavy atom.